The molecule has 1 saturated heterocycles. The number of aryl methyl sites for hydroxylation is 2. The molecule has 7 heteroatoms. The molecule has 2 aliphatic heterocycles. The highest BCUT2D eigenvalue weighted by Crippen LogP contribution is 2.26. The van der Waals surface area contributed by atoms with E-state index in [4.69, 9.17) is 4.98 Å². The van der Waals surface area contributed by atoms with Crippen molar-refractivity contribution in [1.82, 2.24) is 19.8 Å². The van der Waals surface area contributed by atoms with Gasteiger partial charge in [0.2, 0.25) is 0 Å². The van der Waals surface area contributed by atoms with E-state index in [2.05, 4.69) is 56.3 Å². The third kappa shape index (κ3) is 5.43. The smallest absolute Gasteiger partial charge is 0.193 e. The molecule has 0 amide bonds. The summed E-state index contributed by atoms with van der Waals surface area (Å²) in [5.41, 5.74) is 1.13. The van der Waals surface area contributed by atoms with Gasteiger partial charge >= 0.3 is 0 Å². The van der Waals surface area contributed by atoms with Crippen LogP contribution >= 0.6 is 35.7 Å². The summed E-state index contributed by atoms with van der Waals surface area (Å²) in [5, 5.41) is 3.52. The average Bonchev–Trinajstić information content (AvgIpc) is 3.34. The normalized spacial score (nSPS) is 19.2. The third-order valence-corrected chi connectivity index (χ3v) is 6.66. The van der Waals surface area contributed by atoms with E-state index in [0.29, 0.717) is 5.92 Å². The van der Waals surface area contributed by atoms with E-state index in [1.165, 1.54) is 35.7 Å². The number of likely N-dealkylation sites (tertiary alicyclic amines) is 1. The molecule has 4 rings (SSSR count). The van der Waals surface area contributed by atoms with Gasteiger partial charge < -0.3 is 14.8 Å². The Hall–Kier alpha value is -1.22. The van der Waals surface area contributed by atoms with Gasteiger partial charge in [-0.05, 0) is 37.3 Å². The van der Waals surface area contributed by atoms with Crippen LogP contribution in [0.2, 0.25) is 0 Å². The van der Waals surface area contributed by atoms with Gasteiger partial charge in [-0.2, -0.15) is 0 Å². The zero-order valence-corrected chi connectivity index (χ0v) is 19.7. The van der Waals surface area contributed by atoms with Crippen LogP contribution in [-0.2, 0) is 19.5 Å². The lowest BCUT2D eigenvalue weighted by Crippen LogP contribution is -2.39. The Balaban J connectivity index is 0.00000225. The van der Waals surface area contributed by atoms with Crippen molar-refractivity contribution in [2.24, 2.45) is 10.9 Å². The number of guanidine groups is 1. The first-order valence-electron chi connectivity index (χ1n) is 10.00. The molecule has 3 heterocycles. The number of nitrogens with one attached hydrogen (secondary N) is 1. The Morgan fingerprint density at radius 3 is 2.89 bits per heavy atom. The largest absolute Gasteiger partial charge is 0.351 e. The lowest BCUT2D eigenvalue weighted by molar-refractivity contribution is 0.474. The van der Waals surface area contributed by atoms with Crippen LogP contribution in [-0.4, -0.2) is 46.3 Å². The molecule has 1 N–H and O–H groups in total. The standard InChI is InChI=1S/C21H29N5S.HI/c1-22-21(23-13-18-15-25-11-6-5-9-20(25)24-18)26-12-10-17(14-26)16-27-19-7-3-2-4-8-19;/h2-4,7-8,15,17H,5-6,9-14,16H2,1H3,(H,22,23);1H. The quantitative estimate of drug-likeness (QED) is 0.285. The number of hydrogen-bond acceptors (Lipinski definition) is 3. The number of fused-ring (bicyclic) bond motifs is 1. The minimum Gasteiger partial charge on any atom is -0.351 e. The predicted octanol–water partition coefficient (Wildman–Crippen LogP) is 4.03. The van der Waals surface area contributed by atoms with Gasteiger partial charge in [-0.1, -0.05) is 18.2 Å². The molecule has 0 bridgehead atoms. The third-order valence-electron chi connectivity index (χ3n) is 5.41. The summed E-state index contributed by atoms with van der Waals surface area (Å²) in [5.74, 6) is 4.14. The Bertz CT molecular complexity index is 753. The van der Waals surface area contributed by atoms with Gasteiger partial charge in [-0.3, -0.25) is 4.99 Å². The lowest BCUT2D eigenvalue weighted by atomic mass is 10.2. The van der Waals surface area contributed by atoms with Crippen LogP contribution in [0, 0.1) is 5.92 Å². The van der Waals surface area contributed by atoms with Crippen LogP contribution in [0.5, 0.6) is 0 Å². The molecule has 1 aromatic carbocycles. The molecule has 2 aliphatic rings. The molecule has 1 atom stereocenters. The second kappa shape index (κ2) is 10.5. The Morgan fingerprint density at radius 1 is 1.25 bits per heavy atom. The highest BCUT2D eigenvalue weighted by atomic mass is 127. The molecular weight excluding hydrogens is 481 g/mol. The Kier molecular flexibility index (Phi) is 8.08. The van der Waals surface area contributed by atoms with Crippen molar-refractivity contribution in [2.75, 3.05) is 25.9 Å². The van der Waals surface area contributed by atoms with Crippen molar-refractivity contribution in [3.63, 3.8) is 0 Å². The van der Waals surface area contributed by atoms with Gasteiger partial charge in [-0.25, -0.2) is 4.98 Å². The number of imidazole rings is 1. The second-order valence-corrected chi connectivity index (χ2v) is 8.52. The molecule has 28 heavy (non-hydrogen) atoms. The van der Waals surface area contributed by atoms with Gasteiger partial charge in [0, 0.05) is 49.9 Å². The molecular formula is C21H30IN5S. The van der Waals surface area contributed by atoms with E-state index in [-0.39, 0.29) is 24.0 Å². The van der Waals surface area contributed by atoms with Gasteiger partial charge in [0.25, 0.3) is 0 Å². The number of hydrogen-bond donors (Lipinski definition) is 1. The number of thioether (sulfide) groups is 1. The molecule has 0 radical (unpaired) electrons. The topological polar surface area (TPSA) is 45.5 Å². The van der Waals surface area contributed by atoms with E-state index < -0.39 is 0 Å². The highest BCUT2D eigenvalue weighted by Gasteiger charge is 2.25. The Morgan fingerprint density at radius 2 is 2.11 bits per heavy atom. The second-order valence-electron chi connectivity index (χ2n) is 7.42. The van der Waals surface area contributed by atoms with E-state index in [1.54, 1.807) is 0 Å². The van der Waals surface area contributed by atoms with Crippen molar-refractivity contribution < 1.29 is 0 Å². The zero-order chi connectivity index (χ0) is 18.5. The number of rotatable bonds is 5. The van der Waals surface area contributed by atoms with Crippen LogP contribution in [0.15, 0.2) is 46.4 Å². The summed E-state index contributed by atoms with van der Waals surface area (Å²) in [6, 6.07) is 10.7. The van der Waals surface area contributed by atoms with Crippen molar-refractivity contribution in [2.45, 2.75) is 43.7 Å². The number of aromatic nitrogens is 2. The Labute approximate surface area is 189 Å². The SMILES string of the molecule is CN=C(NCc1cn2c(n1)CCCC2)N1CCC(CSc2ccccc2)C1.I. The minimum atomic E-state index is 0. The molecule has 152 valence electrons. The summed E-state index contributed by atoms with van der Waals surface area (Å²) >= 11 is 1.96. The van der Waals surface area contributed by atoms with Crippen molar-refractivity contribution in [3.8, 4) is 0 Å². The summed E-state index contributed by atoms with van der Waals surface area (Å²) in [4.78, 5) is 13.1. The van der Waals surface area contributed by atoms with Crippen LogP contribution in [0.25, 0.3) is 0 Å². The summed E-state index contributed by atoms with van der Waals surface area (Å²) < 4.78 is 2.32. The van der Waals surface area contributed by atoms with Crippen molar-refractivity contribution in [1.29, 1.82) is 0 Å². The van der Waals surface area contributed by atoms with Crippen LogP contribution in [0.4, 0.5) is 0 Å². The van der Waals surface area contributed by atoms with Gasteiger partial charge in [0.05, 0.1) is 12.2 Å². The zero-order valence-electron chi connectivity index (χ0n) is 16.5. The van der Waals surface area contributed by atoms with Crippen LogP contribution in [0.1, 0.15) is 30.8 Å². The molecule has 1 aromatic heterocycles. The monoisotopic (exact) mass is 511 g/mol. The number of aliphatic imine (C=N–C) groups is 1. The summed E-state index contributed by atoms with van der Waals surface area (Å²) in [7, 11) is 1.88. The maximum absolute atomic E-state index is 4.79. The van der Waals surface area contributed by atoms with Gasteiger partial charge in [0.15, 0.2) is 5.96 Å². The number of benzene rings is 1. The maximum Gasteiger partial charge on any atom is 0.193 e. The first kappa shape index (κ1) is 21.5. The fourth-order valence-corrected chi connectivity index (χ4v) is 5.00. The van der Waals surface area contributed by atoms with Crippen LogP contribution < -0.4 is 5.32 Å². The molecule has 0 spiro atoms. The van der Waals surface area contributed by atoms with E-state index in [9.17, 15) is 0 Å². The molecule has 1 fully saturated rings. The summed E-state index contributed by atoms with van der Waals surface area (Å²) in [6.45, 7) is 4.04. The predicted molar refractivity (Wildman–Crippen MR) is 128 cm³/mol. The fraction of sp³-hybridized carbons (Fsp3) is 0.524. The molecule has 5 nitrogen and oxygen atoms in total. The van der Waals surface area contributed by atoms with E-state index >= 15 is 0 Å². The molecule has 0 saturated carbocycles. The first-order chi connectivity index (χ1) is 13.3. The maximum atomic E-state index is 4.79. The van der Waals surface area contributed by atoms with E-state index in [0.717, 1.165) is 44.3 Å². The molecule has 2 aromatic rings. The number of halogens is 1. The number of nitrogens with zero attached hydrogens (tertiary/aromatic N) is 4. The average molecular weight is 511 g/mol. The molecule has 0 aliphatic carbocycles. The van der Waals surface area contributed by atoms with Crippen LogP contribution in [0.3, 0.4) is 0 Å². The first-order valence-corrected chi connectivity index (χ1v) is 11.0. The summed E-state index contributed by atoms with van der Waals surface area (Å²) in [6.07, 6.45) is 7.09. The highest BCUT2D eigenvalue weighted by molar-refractivity contribution is 14.0. The van der Waals surface area contributed by atoms with Gasteiger partial charge in [0.1, 0.15) is 5.82 Å². The lowest BCUT2D eigenvalue weighted by Gasteiger charge is -2.21. The fourth-order valence-electron chi connectivity index (χ4n) is 3.95. The van der Waals surface area contributed by atoms with E-state index in [1.807, 2.05) is 18.8 Å². The van der Waals surface area contributed by atoms with Crippen molar-refractivity contribution in [3.05, 3.63) is 48.0 Å². The minimum absolute atomic E-state index is 0. The van der Waals surface area contributed by atoms with Gasteiger partial charge in [-0.15, -0.1) is 35.7 Å². The molecule has 1 unspecified atom stereocenters. The van der Waals surface area contributed by atoms with Crippen molar-refractivity contribution >= 4 is 41.7 Å².